The third-order valence-corrected chi connectivity index (χ3v) is 4.56. The van der Waals surface area contributed by atoms with E-state index in [9.17, 15) is 9.90 Å². The van der Waals surface area contributed by atoms with E-state index in [-0.39, 0.29) is 11.3 Å². The summed E-state index contributed by atoms with van der Waals surface area (Å²) in [6.45, 7) is 1.56. The number of nitrogens with zero attached hydrogens (tertiary/aromatic N) is 2. The highest BCUT2D eigenvalue weighted by Crippen LogP contribution is 2.34. The number of benzene rings is 1. The van der Waals surface area contributed by atoms with Gasteiger partial charge in [-0.1, -0.05) is 31.4 Å². The van der Waals surface area contributed by atoms with Crippen LogP contribution >= 0.6 is 0 Å². The van der Waals surface area contributed by atoms with Gasteiger partial charge in [0.15, 0.2) is 0 Å². The molecule has 24 heavy (non-hydrogen) atoms. The third kappa shape index (κ3) is 3.50. The molecule has 0 amide bonds. The minimum absolute atomic E-state index is 0.0352. The van der Waals surface area contributed by atoms with Gasteiger partial charge in [0.1, 0.15) is 0 Å². The van der Waals surface area contributed by atoms with Crippen LogP contribution in [0.15, 0.2) is 35.9 Å². The second-order valence-electron chi connectivity index (χ2n) is 6.37. The zero-order valence-electron chi connectivity index (χ0n) is 13.7. The molecule has 1 aliphatic rings. The van der Waals surface area contributed by atoms with Gasteiger partial charge >= 0.3 is 5.97 Å². The zero-order chi connectivity index (χ0) is 17.1. The SMILES string of the molecule is C/C(=C\c1cc(C2CCCCC2)n(-c2ccc([O-])cc2)n1)C(=O)O. The van der Waals surface area contributed by atoms with Crippen molar-refractivity contribution in [1.29, 1.82) is 0 Å². The second-order valence-corrected chi connectivity index (χ2v) is 6.37. The first-order chi connectivity index (χ1) is 11.5. The number of aromatic nitrogens is 2. The second kappa shape index (κ2) is 6.91. The highest BCUT2D eigenvalue weighted by molar-refractivity contribution is 5.91. The van der Waals surface area contributed by atoms with E-state index in [0.29, 0.717) is 11.6 Å². The summed E-state index contributed by atoms with van der Waals surface area (Å²) in [5.74, 6) is -0.558. The van der Waals surface area contributed by atoms with Gasteiger partial charge in [0.25, 0.3) is 0 Å². The average molecular weight is 325 g/mol. The Morgan fingerprint density at radius 3 is 2.54 bits per heavy atom. The molecule has 1 aromatic heterocycles. The molecule has 0 atom stereocenters. The Bertz CT molecular complexity index is 753. The van der Waals surface area contributed by atoms with Crippen molar-refractivity contribution in [2.75, 3.05) is 0 Å². The maximum atomic E-state index is 11.4. The van der Waals surface area contributed by atoms with Crippen molar-refractivity contribution < 1.29 is 15.0 Å². The van der Waals surface area contributed by atoms with Gasteiger partial charge in [0.2, 0.25) is 0 Å². The first-order valence-electron chi connectivity index (χ1n) is 8.33. The van der Waals surface area contributed by atoms with Crippen molar-refractivity contribution in [1.82, 2.24) is 9.78 Å². The Balaban J connectivity index is 2.03. The predicted octanol–water partition coefficient (Wildman–Crippen LogP) is 3.48. The van der Waals surface area contributed by atoms with Crippen LogP contribution < -0.4 is 5.11 Å². The fourth-order valence-corrected chi connectivity index (χ4v) is 3.25. The lowest BCUT2D eigenvalue weighted by Gasteiger charge is -2.22. The number of hydrogen-bond donors (Lipinski definition) is 1. The molecule has 1 N–H and O–H groups in total. The van der Waals surface area contributed by atoms with Gasteiger partial charge < -0.3 is 10.2 Å². The van der Waals surface area contributed by atoms with Crippen molar-refractivity contribution >= 4 is 12.0 Å². The van der Waals surface area contributed by atoms with E-state index in [2.05, 4.69) is 5.10 Å². The van der Waals surface area contributed by atoms with Crippen LogP contribution in [0.5, 0.6) is 5.75 Å². The van der Waals surface area contributed by atoms with Crippen LogP contribution in [0.25, 0.3) is 11.8 Å². The monoisotopic (exact) mass is 325 g/mol. The van der Waals surface area contributed by atoms with Crippen molar-refractivity contribution in [3.8, 4) is 11.4 Å². The molecule has 0 aliphatic heterocycles. The first-order valence-corrected chi connectivity index (χ1v) is 8.33. The maximum absolute atomic E-state index is 11.4. The molecule has 0 radical (unpaired) electrons. The normalized spacial score (nSPS) is 16.3. The molecule has 3 rings (SSSR count). The number of carboxylic acid groups (broad SMARTS) is 1. The Hall–Kier alpha value is -2.56. The Kier molecular flexibility index (Phi) is 4.69. The minimum Gasteiger partial charge on any atom is -0.872 e. The molecule has 1 aliphatic carbocycles. The van der Waals surface area contributed by atoms with E-state index in [1.807, 2.05) is 10.7 Å². The molecule has 2 aromatic rings. The molecule has 0 unspecified atom stereocenters. The summed E-state index contributed by atoms with van der Waals surface area (Å²) in [4.78, 5) is 11.1. The Morgan fingerprint density at radius 1 is 1.25 bits per heavy atom. The summed E-state index contributed by atoms with van der Waals surface area (Å²) in [5, 5.41) is 25.0. The van der Waals surface area contributed by atoms with E-state index >= 15 is 0 Å². The van der Waals surface area contributed by atoms with Crippen LogP contribution in [-0.4, -0.2) is 20.9 Å². The number of rotatable bonds is 4. The number of carbonyl (C=O) groups is 1. The molecular formula is C19H21N2O3-. The molecule has 1 fully saturated rings. The highest BCUT2D eigenvalue weighted by atomic mass is 16.4. The van der Waals surface area contributed by atoms with Gasteiger partial charge in [-0.25, -0.2) is 9.48 Å². The molecule has 1 aromatic carbocycles. The van der Waals surface area contributed by atoms with E-state index in [1.165, 1.54) is 31.4 Å². The van der Waals surface area contributed by atoms with Crippen LogP contribution in [0.4, 0.5) is 0 Å². The van der Waals surface area contributed by atoms with Gasteiger partial charge in [-0.05, 0) is 44.0 Å². The number of hydrogen-bond acceptors (Lipinski definition) is 3. The van der Waals surface area contributed by atoms with Gasteiger partial charge in [0, 0.05) is 17.2 Å². The van der Waals surface area contributed by atoms with Crippen LogP contribution in [0.1, 0.15) is 56.3 Å². The summed E-state index contributed by atoms with van der Waals surface area (Å²) in [5.41, 5.74) is 2.83. The molecule has 1 heterocycles. The summed E-state index contributed by atoms with van der Waals surface area (Å²) in [7, 11) is 0. The van der Waals surface area contributed by atoms with Gasteiger partial charge in [0.05, 0.1) is 11.4 Å². The van der Waals surface area contributed by atoms with Gasteiger partial charge in [-0.15, -0.1) is 5.75 Å². The molecule has 0 bridgehead atoms. The molecule has 0 saturated heterocycles. The standard InChI is InChI=1S/C19H22N2O3/c1-13(19(23)24)11-15-12-18(14-5-3-2-4-6-14)21(20-15)16-7-9-17(22)10-8-16/h7-12,14,22H,2-6H2,1H3,(H,23,24)/p-1/b13-11+. The lowest BCUT2D eigenvalue weighted by molar-refractivity contribution is -0.268. The Morgan fingerprint density at radius 2 is 1.92 bits per heavy atom. The van der Waals surface area contributed by atoms with Crippen LogP contribution in [0, 0.1) is 0 Å². The van der Waals surface area contributed by atoms with E-state index in [4.69, 9.17) is 5.11 Å². The van der Waals surface area contributed by atoms with Crippen LogP contribution in [0.3, 0.4) is 0 Å². The summed E-state index contributed by atoms with van der Waals surface area (Å²) in [6.07, 6.45) is 7.50. The molecule has 1 saturated carbocycles. The number of carboxylic acids is 1. The molecule has 5 heteroatoms. The van der Waals surface area contributed by atoms with Crippen LogP contribution in [-0.2, 0) is 4.79 Å². The highest BCUT2D eigenvalue weighted by Gasteiger charge is 2.21. The van der Waals surface area contributed by atoms with Crippen molar-refractivity contribution in [2.45, 2.75) is 44.9 Å². The molecule has 0 spiro atoms. The first kappa shape index (κ1) is 16.3. The smallest absolute Gasteiger partial charge is 0.331 e. The van der Waals surface area contributed by atoms with E-state index < -0.39 is 5.97 Å². The fourth-order valence-electron chi connectivity index (χ4n) is 3.25. The zero-order valence-corrected chi connectivity index (χ0v) is 13.7. The van der Waals surface area contributed by atoms with E-state index in [0.717, 1.165) is 24.2 Å². The largest absolute Gasteiger partial charge is 0.872 e. The third-order valence-electron chi connectivity index (χ3n) is 4.56. The van der Waals surface area contributed by atoms with Crippen LogP contribution in [0.2, 0.25) is 0 Å². The minimum atomic E-state index is -0.945. The van der Waals surface area contributed by atoms with Gasteiger partial charge in [-0.2, -0.15) is 5.10 Å². The molecule has 126 valence electrons. The van der Waals surface area contributed by atoms with Crippen molar-refractivity contribution in [3.63, 3.8) is 0 Å². The van der Waals surface area contributed by atoms with Gasteiger partial charge in [-0.3, -0.25) is 0 Å². The predicted molar refractivity (Wildman–Crippen MR) is 90.1 cm³/mol. The topological polar surface area (TPSA) is 78.2 Å². The summed E-state index contributed by atoms with van der Waals surface area (Å²) < 4.78 is 1.86. The Labute approximate surface area is 141 Å². The van der Waals surface area contributed by atoms with Crippen molar-refractivity contribution in [3.05, 3.63) is 47.3 Å². The van der Waals surface area contributed by atoms with Crippen molar-refractivity contribution in [2.24, 2.45) is 0 Å². The van der Waals surface area contributed by atoms with E-state index in [1.54, 1.807) is 25.1 Å². The summed E-state index contributed by atoms with van der Waals surface area (Å²) in [6, 6.07) is 8.56. The quantitative estimate of drug-likeness (QED) is 0.873. The lowest BCUT2D eigenvalue weighted by atomic mass is 9.86. The maximum Gasteiger partial charge on any atom is 0.331 e. The number of aliphatic carboxylic acids is 1. The molecule has 5 nitrogen and oxygen atoms in total. The average Bonchev–Trinajstić information content (AvgIpc) is 3.00. The fraction of sp³-hybridized carbons (Fsp3) is 0.368. The molecular weight excluding hydrogens is 304 g/mol. The summed E-state index contributed by atoms with van der Waals surface area (Å²) >= 11 is 0. The lowest BCUT2D eigenvalue weighted by Crippen LogP contribution is -2.11.